The molecule has 0 saturated heterocycles. The molecule has 2 N–H and O–H groups in total. The SMILES string of the molecule is Cc1cc(COc2ccc(Cl)cc2)c(C)c(C2C(C#N)=C(N)N(c3cc([N+](=O)[O-])ccc3C)C3=C2C(=O)CCC3)c1. The number of hydrogen-bond donors (Lipinski definition) is 1. The fourth-order valence-electron chi connectivity index (χ4n) is 5.73. The maximum atomic E-state index is 13.6. The molecule has 0 amide bonds. The van der Waals surface area contributed by atoms with Gasteiger partial charge in [-0.1, -0.05) is 35.4 Å². The van der Waals surface area contributed by atoms with Gasteiger partial charge < -0.3 is 10.5 Å². The summed E-state index contributed by atoms with van der Waals surface area (Å²) >= 11 is 6.01. The number of nitro benzene ring substituents is 1. The topological polar surface area (TPSA) is 122 Å². The second-order valence-corrected chi connectivity index (χ2v) is 10.9. The number of ketones is 1. The van der Waals surface area contributed by atoms with Crippen molar-refractivity contribution in [3.05, 3.63) is 120 Å². The Bertz CT molecular complexity index is 1680. The van der Waals surface area contributed by atoms with Crippen LogP contribution in [0.1, 0.15) is 53.0 Å². The third kappa shape index (κ3) is 5.17. The number of nitrogens with zero attached hydrogens (tertiary/aromatic N) is 3. The third-order valence-corrected chi connectivity index (χ3v) is 8.03. The van der Waals surface area contributed by atoms with Crippen LogP contribution in [0.3, 0.4) is 0 Å². The molecule has 0 aromatic heterocycles. The van der Waals surface area contributed by atoms with E-state index < -0.39 is 10.8 Å². The van der Waals surface area contributed by atoms with Crippen molar-refractivity contribution in [1.29, 1.82) is 5.26 Å². The van der Waals surface area contributed by atoms with Gasteiger partial charge in [0.15, 0.2) is 5.78 Å². The molecule has 9 heteroatoms. The van der Waals surface area contributed by atoms with Crippen molar-refractivity contribution in [3.8, 4) is 11.8 Å². The fraction of sp³-hybridized carbons (Fsp3) is 0.250. The van der Waals surface area contributed by atoms with Crippen LogP contribution in [0, 0.1) is 42.2 Å². The molecule has 0 bridgehead atoms. The van der Waals surface area contributed by atoms with Gasteiger partial charge in [0.1, 0.15) is 18.2 Å². The zero-order valence-corrected chi connectivity index (χ0v) is 23.8. The summed E-state index contributed by atoms with van der Waals surface area (Å²) in [6.45, 7) is 6.04. The summed E-state index contributed by atoms with van der Waals surface area (Å²) in [5.41, 5.74) is 12.9. The van der Waals surface area contributed by atoms with Gasteiger partial charge in [0.25, 0.3) is 5.69 Å². The maximum Gasteiger partial charge on any atom is 0.271 e. The lowest BCUT2D eigenvalue weighted by molar-refractivity contribution is -0.384. The number of aryl methyl sites for hydroxylation is 2. The monoisotopic (exact) mass is 568 g/mol. The molecule has 0 spiro atoms. The molecule has 0 radical (unpaired) electrons. The van der Waals surface area contributed by atoms with Crippen LogP contribution in [-0.4, -0.2) is 10.7 Å². The number of carbonyl (C=O) groups is 1. The Hall–Kier alpha value is -4.61. The van der Waals surface area contributed by atoms with Crippen LogP contribution in [-0.2, 0) is 11.4 Å². The molecule has 1 atom stereocenters. The highest BCUT2D eigenvalue weighted by molar-refractivity contribution is 6.30. The van der Waals surface area contributed by atoms with E-state index >= 15 is 0 Å². The van der Waals surface area contributed by atoms with Crippen LogP contribution < -0.4 is 15.4 Å². The van der Waals surface area contributed by atoms with E-state index in [-0.39, 0.29) is 29.5 Å². The minimum atomic E-state index is -0.660. The van der Waals surface area contributed by atoms with Crippen molar-refractivity contribution in [2.75, 3.05) is 4.90 Å². The molecule has 0 saturated carbocycles. The maximum absolute atomic E-state index is 13.6. The summed E-state index contributed by atoms with van der Waals surface area (Å²) in [4.78, 5) is 26.4. The highest BCUT2D eigenvalue weighted by Crippen LogP contribution is 2.48. The van der Waals surface area contributed by atoms with Crippen LogP contribution >= 0.6 is 11.6 Å². The van der Waals surface area contributed by atoms with Crippen molar-refractivity contribution in [2.24, 2.45) is 5.73 Å². The third-order valence-electron chi connectivity index (χ3n) is 7.78. The quantitative estimate of drug-likeness (QED) is 0.249. The Kier molecular flexibility index (Phi) is 7.57. The molecule has 3 aromatic carbocycles. The first kappa shape index (κ1) is 27.9. The van der Waals surface area contributed by atoms with Gasteiger partial charge in [-0.25, -0.2) is 0 Å². The van der Waals surface area contributed by atoms with E-state index in [1.165, 1.54) is 12.1 Å². The first-order valence-corrected chi connectivity index (χ1v) is 13.7. The van der Waals surface area contributed by atoms with E-state index in [0.29, 0.717) is 47.0 Å². The molecule has 41 heavy (non-hydrogen) atoms. The molecule has 1 aliphatic heterocycles. The van der Waals surface area contributed by atoms with Crippen LogP contribution in [0.25, 0.3) is 0 Å². The molecular weight excluding hydrogens is 540 g/mol. The van der Waals surface area contributed by atoms with Gasteiger partial charge in [-0.2, -0.15) is 5.26 Å². The number of Topliss-reactive ketones (excluding diaryl/α,β-unsaturated/α-hetero) is 1. The average Bonchev–Trinajstić information content (AvgIpc) is 2.94. The second-order valence-electron chi connectivity index (χ2n) is 10.4. The van der Waals surface area contributed by atoms with Crippen molar-refractivity contribution >= 4 is 28.8 Å². The van der Waals surface area contributed by atoms with Crippen molar-refractivity contribution < 1.29 is 14.5 Å². The Morgan fingerprint density at radius 3 is 2.54 bits per heavy atom. The Balaban J connectivity index is 1.66. The number of benzene rings is 3. The molecule has 2 aliphatic rings. The lowest BCUT2D eigenvalue weighted by Gasteiger charge is -2.40. The van der Waals surface area contributed by atoms with Crippen molar-refractivity contribution in [3.63, 3.8) is 0 Å². The van der Waals surface area contributed by atoms with E-state index in [4.69, 9.17) is 22.1 Å². The summed E-state index contributed by atoms with van der Waals surface area (Å²) in [5, 5.41) is 22.7. The number of ether oxygens (including phenoxy) is 1. The molecule has 208 valence electrons. The standard InChI is InChI=1S/C32H29ClN4O4/c1-18-13-21(17-41-24-11-8-22(33)9-12-24)20(3)25(14-18)30-26(16-34)32(35)36(27-5-4-6-29(38)31(27)30)28-15-23(37(39)40)10-7-19(28)2/h7-15,30H,4-6,17,35H2,1-3H3. The zero-order chi connectivity index (χ0) is 29.4. The smallest absolute Gasteiger partial charge is 0.271 e. The summed E-state index contributed by atoms with van der Waals surface area (Å²) in [7, 11) is 0. The largest absolute Gasteiger partial charge is 0.489 e. The number of nitro groups is 1. The summed E-state index contributed by atoms with van der Waals surface area (Å²) in [5.74, 6) is 0.137. The van der Waals surface area contributed by atoms with Gasteiger partial charge in [-0.15, -0.1) is 0 Å². The predicted octanol–water partition coefficient (Wildman–Crippen LogP) is 7.06. The Morgan fingerprint density at radius 1 is 1.12 bits per heavy atom. The summed E-state index contributed by atoms with van der Waals surface area (Å²) in [6, 6.07) is 18.0. The lowest BCUT2D eigenvalue weighted by atomic mass is 9.73. The van der Waals surface area contributed by atoms with E-state index in [1.807, 2.05) is 32.9 Å². The van der Waals surface area contributed by atoms with E-state index in [2.05, 4.69) is 6.07 Å². The van der Waals surface area contributed by atoms with Gasteiger partial charge in [-0.05, 0) is 80.1 Å². The van der Waals surface area contributed by atoms with E-state index in [0.717, 1.165) is 27.8 Å². The minimum Gasteiger partial charge on any atom is -0.489 e. The van der Waals surface area contributed by atoms with Crippen LogP contribution in [0.4, 0.5) is 11.4 Å². The highest BCUT2D eigenvalue weighted by Gasteiger charge is 2.41. The number of allylic oxidation sites excluding steroid dienone is 3. The number of halogens is 1. The van der Waals surface area contributed by atoms with E-state index in [9.17, 15) is 20.2 Å². The number of nitriles is 1. The molecule has 0 fully saturated rings. The van der Waals surface area contributed by atoms with Crippen molar-refractivity contribution in [2.45, 2.75) is 52.6 Å². The molecule has 1 aliphatic carbocycles. The average molecular weight is 569 g/mol. The molecular formula is C32H29ClN4O4. The molecule has 3 aromatic rings. The van der Waals surface area contributed by atoms with Crippen molar-refractivity contribution in [1.82, 2.24) is 0 Å². The zero-order valence-electron chi connectivity index (χ0n) is 23.0. The Labute approximate surface area is 243 Å². The van der Waals surface area contributed by atoms with Crippen LogP contribution in [0.5, 0.6) is 5.75 Å². The fourth-order valence-corrected chi connectivity index (χ4v) is 5.86. The number of hydrogen-bond acceptors (Lipinski definition) is 7. The van der Waals surface area contributed by atoms with Crippen LogP contribution in [0.15, 0.2) is 77.3 Å². The number of rotatable bonds is 6. The number of carbonyl (C=O) groups excluding carboxylic acids is 1. The minimum absolute atomic E-state index is 0.0514. The molecule has 5 rings (SSSR count). The predicted molar refractivity (Wildman–Crippen MR) is 157 cm³/mol. The van der Waals surface area contributed by atoms with Gasteiger partial charge >= 0.3 is 0 Å². The normalized spacial score (nSPS) is 16.9. The number of anilines is 1. The first-order valence-electron chi connectivity index (χ1n) is 13.3. The number of nitrogens with two attached hydrogens (primary N) is 1. The first-order chi connectivity index (χ1) is 19.6. The van der Waals surface area contributed by atoms with Gasteiger partial charge in [0, 0.05) is 34.8 Å². The molecule has 8 nitrogen and oxygen atoms in total. The molecule has 1 unspecified atom stereocenters. The van der Waals surface area contributed by atoms with Gasteiger partial charge in [-0.3, -0.25) is 19.8 Å². The van der Waals surface area contributed by atoms with E-state index in [1.54, 1.807) is 35.2 Å². The highest BCUT2D eigenvalue weighted by atomic mass is 35.5. The van der Waals surface area contributed by atoms with Gasteiger partial charge in [0.05, 0.1) is 28.2 Å². The summed E-state index contributed by atoms with van der Waals surface area (Å²) in [6.07, 6.45) is 1.53. The summed E-state index contributed by atoms with van der Waals surface area (Å²) < 4.78 is 6.04. The lowest BCUT2D eigenvalue weighted by Crippen LogP contribution is -2.39. The van der Waals surface area contributed by atoms with Crippen LogP contribution in [0.2, 0.25) is 5.02 Å². The second kappa shape index (κ2) is 11.1. The number of non-ortho nitro benzene ring substituents is 1. The van der Waals surface area contributed by atoms with Gasteiger partial charge in [0.2, 0.25) is 0 Å². The Morgan fingerprint density at radius 2 is 1.85 bits per heavy atom. The molecule has 1 heterocycles.